The molecule has 2 aromatic carbocycles. The van der Waals surface area contributed by atoms with Crippen molar-refractivity contribution in [3.63, 3.8) is 0 Å². The van der Waals surface area contributed by atoms with Crippen LogP contribution in [0.15, 0.2) is 36.4 Å². The van der Waals surface area contributed by atoms with E-state index in [-0.39, 0.29) is 17.5 Å². The molecule has 0 saturated heterocycles. The fourth-order valence-corrected chi connectivity index (χ4v) is 2.51. The van der Waals surface area contributed by atoms with Crippen molar-refractivity contribution in [1.82, 2.24) is 9.55 Å². The van der Waals surface area contributed by atoms with Gasteiger partial charge >= 0.3 is 0 Å². The van der Waals surface area contributed by atoms with Crippen LogP contribution in [0.2, 0.25) is 0 Å². The maximum absolute atomic E-state index is 13.7. The Morgan fingerprint density at radius 1 is 1.14 bits per heavy atom. The summed E-state index contributed by atoms with van der Waals surface area (Å²) < 4.78 is 29.1. The number of nitrogens with zero attached hydrogens (tertiary/aromatic N) is 2. The Bertz CT molecular complexity index is 822. The fourth-order valence-electron chi connectivity index (χ4n) is 2.51. The number of nitrogens with two attached hydrogens (primary N) is 1. The zero-order valence-corrected chi connectivity index (χ0v) is 11.8. The number of fused-ring (bicyclic) bond motifs is 1. The third kappa shape index (κ3) is 2.14. The van der Waals surface area contributed by atoms with E-state index in [1.165, 1.54) is 18.2 Å². The van der Waals surface area contributed by atoms with Crippen molar-refractivity contribution in [2.75, 3.05) is 5.73 Å². The van der Waals surface area contributed by atoms with Gasteiger partial charge in [0.05, 0.1) is 16.7 Å². The molecule has 0 bridgehead atoms. The van der Waals surface area contributed by atoms with E-state index in [0.29, 0.717) is 22.4 Å². The van der Waals surface area contributed by atoms with Crippen LogP contribution in [0.1, 0.15) is 19.9 Å². The van der Waals surface area contributed by atoms with Crippen molar-refractivity contribution in [3.05, 3.63) is 48.0 Å². The molecule has 21 heavy (non-hydrogen) atoms. The smallest absolute Gasteiger partial charge is 0.146 e. The van der Waals surface area contributed by atoms with E-state index >= 15 is 0 Å². The summed E-state index contributed by atoms with van der Waals surface area (Å²) in [4.78, 5) is 4.50. The molecule has 3 nitrogen and oxygen atoms in total. The maximum Gasteiger partial charge on any atom is 0.146 e. The highest BCUT2D eigenvalue weighted by molar-refractivity contribution is 5.84. The highest BCUT2D eigenvalue weighted by atomic mass is 19.1. The molecule has 0 aliphatic heterocycles. The molecule has 0 spiro atoms. The number of imidazole rings is 1. The van der Waals surface area contributed by atoms with E-state index in [1.807, 2.05) is 18.4 Å². The number of para-hydroxylation sites is 1. The largest absolute Gasteiger partial charge is 0.396 e. The normalized spacial score (nSPS) is 11.5. The highest BCUT2D eigenvalue weighted by Gasteiger charge is 2.18. The van der Waals surface area contributed by atoms with Crippen LogP contribution < -0.4 is 5.73 Å². The third-order valence-electron chi connectivity index (χ3n) is 3.46. The summed E-state index contributed by atoms with van der Waals surface area (Å²) >= 11 is 0. The van der Waals surface area contributed by atoms with Gasteiger partial charge in [-0.15, -0.1) is 0 Å². The summed E-state index contributed by atoms with van der Waals surface area (Å²) in [5.74, 6) is -0.272. The average molecular weight is 287 g/mol. The van der Waals surface area contributed by atoms with E-state index in [4.69, 9.17) is 5.73 Å². The SMILES string of the molecule is CC(C)n1c(-c2cccc(F)c2N)nc2ccc(F)cc21. The van der Waals surface area contributed by atoms with Crippen molar-refractivity contribution in [2.45, 2.75) is 19.9 Å². The molecule has 5 heteroatoms. The first kappa shape index (κ1) is 13.5. The van der Waals surface area contributed by atoms with E-state index < -0.39 is 5.82 Å². The fraction of sp³-hybridized carbons (Fsp3) is 0.188. The molecule has 1 aromatic heterocycles. The van der Waals surface area contributed by atoms with Crippen LogP contribution in [0.4, 0.5) is 14.5 Å². The standard InChI is InChI=1S/C16H15F2N3/c1-9(2)21-14-8-10(17)6-7-13(14)20-16(21)11-4-3-5-12(18)15(11)19/h3-9H,19H2,1-2H3. The molecule has 0 atom stereocenters. The summed E-state index contributed by atoms with van der Waals surface area (Å²) in [7, 11) is 0. The second kappa shape index (κ2) is 4.84. The molecular weight excluding hydrogens is 272 g/mol. The van der Waals surface area contributed by atoms with Crippen molar-refractivity contribution < 1.29 is 8.78 Å². The van der Waals surface area contributed by atoms with Gasteiger partial charge in [-0.2, -0.15) is 0 Å². The van der Waals surface area contributed by atoms with Gasteiger partial charge in [0.2, 0.25) is 0 Å². The van der Waals surface area contributed by atoms with Gasteiger partial charge in [-0.1, -0.05) is 6.07 Å². The minimum Gasteiger partial charge on any atom is -0.396 e. The molecule has 0 aliphatic carbocycles. The zero-order chi connectivity index (χ0) is 15.1. The Kier molecular flexibility index (Phi) is 3.12. The first-order valence-corrected chi connectivity index (χ1v) is 6.71. The summed E-state index contributed by atoms with van der Waals surface area (Å²) in [6.45, 7) is 3.93. The lowest BCUT2D eigenvalue weighted by Gasteiger charge is -2.14. The van der Waals surface area contributed by atoms with Crippen LogP contribution in [0.3, 0.4) is 0 Å². The van der Waals surface area contributed by atoms with Gasteiger partial charge in [-0.25, -0.2) is 13.8 Å². The Morgan fingerprint density at radius 3 is 2.62 bits per heavy atom. The maximum atomic E-state index is 13.7. The summed E-state index contributed by atoms with van der Waals surface area (Å²) in [6, 6.07) is 9.05. The van der Waals surface area contributed by atoms with E-state index in [1.54, 1.807) is 18.2 Å². The average Bonchev–Trinajstić information content (AvgIpc) is 2.80. The van der Waals surface area contributed by atoms with Crippen LogP contribution >= 0.6 is 0 Å². The van der Waals surface area contributed by atoms with Crippen LogP contribution in [0, 0.1) is 11.6 Å². The summed E-state index contributed by atoms with van der Waals surface area (Å²) in [6.07, 6.45) is 0. The number of aromatic nitrogens is 2. The lowest BCUT2D eigenvalue weighted by molar-refractivity contribution is 0.612. The van der Waals surface area contributed by atoms with Gasteiger partial charge in [0.1, 0.15) is 17.5 Å². The number of anilines is 1. The molecule has 0 aliphatic rings. The number of hydrogen-bond acceptors (Lipinski definition) is 2. The molecule has 0 amide bonds. The second-order valence-corrected chi connectivity index (χ2v) is 5.23. The van der Waals surface area contributed by atoms with Gasteiger partial charge in [-0.05, 0) is 44.2 Å². The van der Waals surface area contributed by atoms with Gasteiger partial charge < -0.3 is 10.3 Å². The lowest BCUT2D eigenvalue weighted by Crippen LogP contribution is -2.05. The molecule has 3 aromatic rings. The predicted octanol–water partition coefficient (Wildman–Crippen LogP) is 4.14. The Morgan fingerprint density at radius 2 is 1.90 bits per heavy atom. The first-order valence-electron chi connectivity index (χ1n) is 6.71. The lowest BCUT2D eigenvalue weighted by atomic mass is 10.1. The van der Waals surface area contributed by atoms with Crippen LogP contribution in [0.25, 0.3) is 22.4 Å². The van der Waals surface area contributed by atoms with Crippen molar-refractivity contribution in [3.8, 4) is 11.4 Å². The molecule has 3 rings (SSSR count). The predicted molar refractivity (Wildman–Crippen MR) is 79.9 cm³/mol. The van der Waals surface area contributed by atoms with E-state index in [9.17, 15) is 8.78 Å². The van der Waals surface area contributed by atoms with E-state index in [0.717, 1.165) is 0 Å². The highest BCUT2D eigenvalue weighted by Crippen LogP contribution is 2.32. The van der Waals surface area contributed by atoms with Crippen molar-refractivity contribution >= 4 is 16.7 Å². The van der Waals surface area contributed by atoms with Crippen molar-refractivity contribution in [2.24, 2.45) is 0 Å². The topological polar surface area (TPSA) is 43.8 Å². The monoisotopic (exact) mass is 287 g/mol. The van der Waals surface area contributed by atoms with Gasteiger partial charge in [-0.3, -0.25) is 0 Å². The molecule has 108 valence electrons. The van der Waals surface area contributed by atoms with Gasteiger partial charge in [0.25, 0.3) is 0 Å². The number of hydrogen-bond donors (Lipinski definition) is 1. The quantitative estimate of drug-likeness (QED) is 0.720. The van der Waals surface area contributed by atoms with Crippen molar-refractivity contribution in [1.29, 1.82) is 0 Å². The minimum absolute atomic E-state index is 0.0365. The number of nitrogen functional groups attached to an aromatic ring is 1. The van der Waals surface area contributed by atoms with Gasteiger partial charge in [0, 0.05) is 11.6 Å². The molecule has 0 fully saturated rings. The van der Waals surface area contributed by atoms with Crippen LogP contribution in [0.5, 0.6) is 0 Å². The Hall–Kier alpha value is -2.43. The molecular formula is C16H15F2N3. The van der Waals surface area contributed by atoms with Crippen LogP contribution in [-0.4, -0.2) is 9.55 Å². The summed E-state index contributed by atoms with van der Waals surface area (Å²) in [5.41, 5.74) is 7.72. The van der Waals surface area contributed by atoms with E-state index in [2.05, 4.69) is 4.98 Å². The molecule has 2 N–H and O–H groups in total. The molecule has 1 heterocycles. The Labute approximate surface area is 121 Å². The van der Waals surface area contributed by atoms with Crippen LogP contribution in [-0.2, 0) is 0 Å². The molecule has 0 radical (unpaired) electrons. The number of rotatable bonds is 2. The second-order valence-electron chi connectivity index (χ2n) is 5.23. The molecule has 0 saturated carbocycles. The Balaban J connectivity index is 2.37. The van der Waals surface area contributed by atoms with Gasteiger partial charge in [0.15, 0.2) is 0 Å². The third-order valence-corrected chi connectivity index (χ3v) is 3.46. The zero-order valence-electron chi connectivity index (χ0n) is 11.8. The molecule has 0 unspecified atom stereocenters. The summed E-state index contributed by atoms with van der Waals surface area (Å²) in [5, 5.41) is 0. The minimum atomic E-state index is -0.485. The number of benzene rings is 2. The first-order chi connectivity index (χ1) is 9.99. The number of halogens is 2.